The summed E-state index contributed by atoms with van der Waals surface area (Å²) >= 11 is 1.16. The Bertz CT molecular complexity index is 364. The van der Waals surface area contributed by atoms with Gasteiger partial charge in [-0.2, -0.15) is 13.2 Å². The first-order chi connectivity index (χ1) is 7.39. The van der Waals surface area contributed by atoms with Crippen molar-refractivity contribution in [2.24, 2.45) is 0 Å². The summed E-state index contributed by atoms with van der Waals surface area (Å²) in [6, 6.07) is 4.56. The second-order valence-electron chi connectivity index (χ2n) is 2.93. The Morgan fingerprint density at radius 3 is 2.25 bits per heavy atom. The van der Waals surface area contributed by atoms with E-state index >= 15 is 0 Å². The Morgan fingerprint density at radius 2 is 1.81 bits per heavy atom. The molecule has 0 aliphatic rings. The maximum absolute atomic E-state index is 12.2. The van der Waals surface area contributed by atoms with Gasteiger partial charge >= 0.3 is 6.18 Å². The standard InChI is InChI=1S/C9H8F3NO2S/c10-9(11,12)7-1-3-8(4-2-7)16-6-5-13(14)15/h1-4H,5-6H2. The van der Waals surface area contributed by atoms with Crippen LogP contribution in [0.15, 0.2) is 29.2 Å². The number of nitro groups is 1. The summed E-state index contributed by atoms with van der Waals surface area (Å²) in [5.74, 6) is 0.248. The summed E-state index contributed by atoms with van der Waals surface area (Å²) in [4.78, 5) is 10.1. The van der Waals surface area contributed by atoms with Crippen LogP contribution in [0.25, 0.3) is 0 Å². The van der Waals surface area contributed by atoms with Crippen LogP contribution in [0.2, 0.25) is 0 Å². The van der Waals surface area contributed by atoms with Gasteiger partial charge in [-0.25, -0.2) is 0 Å². The minimum atomic E-state index is -4.34. The van der Waals surface area contributed by atoms with Gasteiger partial charge < -0.3 is 0 Å². The molecule has 16 heavy (non-hydrogen) atoms. The van der Waals surface area contributed by atoms with Crippen LogP contribution in [0.3, 0.4) is 0 Å². The second kappa shape index (κ2) is 5.20. The van der Waals surface area contributed by atoms with Crippen LogP contribution in [0.5, 0.6) is 0 Å². The zero-order valence-electron chi connectivity index (χ0n) is 8.03. The SMILES string of the molecule is O=[N+]([O-])CCSc1ccc(C(F)(F)F)cc1. The first kappa shape index (κ1) is 12.8. The first-order valence-corrected chi connectivity index (χ1v) is 5.30. The van der Waals surface area contributed by atoms with Crippen molar-refractivity contribution in [2.45, 2.75) is 11.1 Å². The minimum absolute atomic E-state index is 0.203. The number of thioether (sulfide) groups is 1. The van der Waals surface area contributed by atoms with Crippen molar-refractivity contribution >= 4 is 11.8 Å². The highest BCUT2D eigenvalue weighted by atomic mass is 32.2. The molecule has 0 heterocycles. The molecule has 1 aromatic carbocycles. The van der Waals surface area contributed by atoms with Crippen LogP contribution in [0.1, 0.15) is 5.56 Å². The molecule has 0 saturated heterocycles. The van der Waals surface area contributed by atoms with Gasteiger partial charge in [0.15, 0.2) is 0 Å². The molecule has 0 fully saturated rings. The summed E-state index contributed by atoms with van der Waals surface area (Å²) in [7, 11) is 0. The highest BCUT2D eigenvalue weighted by molar-refractivity contribution is 7.99. The zero-order valence-corrected chi connectivity index (χ0v) is 8.85. The third-order valence-electron chi connectivity index (χ3n) is 1.72. The lowest BCUT2D eigenvalue weighted by Crippen LogP contribution is -2.04. The fraction of sp³-hybridized carbons (Fsp3) is 0.333. The van der Waals surface area contributed by atoms with E-state index < -0.39 is 16.7 Å². The van der Waals surface area contributed by atoms with Gasteiger partial charge in [0.25, 0.3) is 0 Å². The van der Waals surface area contributed by atoms with Gasteiger partial charge in [-0.15, -0.1) is 11.8 Å². The van der Waals surface area contributed by atoms with Crippen molar-refractivity contribution in [1.29, 1.82) is 0 Å². The zero-order chi connectivity index (χ0) is 12.2. The third-order valence-corrected chi connectivity index (χ3v) is 2.72. The molecule has 0 aliphatic carbocycles. The number of alkyl halides is 3. The Balaban J connectivity index is 2.55. The van der Waals surface area contributed by atoms with E-state index in [1.54, 1.807) is 0 Å². The lowest BCUT2D eigenvalue weighted by molar-refractivity contribution is -0.474. The fourth-order valence-electron chi connectivity index (χ4n) is 0.978. The highest BCUT2D eigenvalue weighted by Gasteiger charge is 2.29. The van der Waals surface area contributed by atoms with E-state index in [0.717, 1.165) is 23.9 Å². The molecule has 1 aromatic rings. The smallest absolute Gasteiger partial charge is 0.265 e. The van der Waals surface area contributed by atoms with Crippen molar-refractivity contribution in [3.63, 3.8) is 0 Å². The number of rotatable bonds is 4. The molecule has 0 spiro atoms. The predicted molar refractivity (Wildman–Crippen MR) is 54.0 cm³/mol. The van der Waals surface area contributed by atoms with Crippen LogP contribution < -0.4 is 0 Å². The summed E-state index contributed by atoms with van der Waals surface area (Å²) in [6.45, 7) is -0.203. The Labute approximate surface area is 93.8 Å². The molecule has 0 saturated carbocycles. The van der Waals surface area contributed by atoms with Gasteiger partial charge in [-0.3, -0.25) is 10.1 Å². The maximum atomic E-state index is 12.2. The van der Waals surface area contributed by atoms with Crippen LogP contribution in [0, 0.1) is 10.1 Å². The van der Waals surface area contributed by atoms with Gasteiger partial charge in [0.2, 0.25) is 6.54 Å². The Kier molecular flexibility index (Phi) is 4.17. The van der Waals surface area contributed by atoms with Gasteiger partial charge in [0.1, 0.15) is 0 Å². The lowest BCUT2D eigenvalue weighted by Gasteiger charge is -2.06. The third kappa shape index (κ3) is 4.09. The average molecular weight is 251 g/mol. The Hall–Kier alpha value is -1.24. The molecular formula is C9H8F3NO2S. The van der Waals surface area contributed by atoms with Crippen LogP contribution in [-0.2, 0) is 6.18 Å². The van der Waals surface area contributed by atoms with E-state index in [1.807, 2.05) is 0 Å². The first-order valence-electron chi connectivity index (χ1n) is 4.31. The van der Waals surface area contributed by atoms with Crippen molar-refractivity contribution in [1.82, 2.24) is 0 Å². The number of halogens is 3. The molecule has 0 aromatic heterocycles. The quantitative estimate of drug-likeness (QED) is 0.469. The molecule has 0 aliphatic heterocycles. The minimum Gasteiger partial charge on any atom is -0.265 e. The van der Waals surface area contributed by atoms with E-state index in [2.05, 4.69) is 0 Å². The highest BCUT2D eigenvalue weighted by Crippen LogP contribution is 2.30. The summed E-state index contributed by atoms with van der Waals surface area (Å²) in [6.07, 6.45) is -4.34. The van der Waals surface area contributed by atoms with Gasteiger partial charge in [-0.1, -0.05) is 0 Å². The summed E-state index contributed by atoms with van der Waals surface area (Å²) in [5.41, 5.74) is -0.717. The molecule has 0 amide bonds. The van der Waals surface area contributed by atoms with Crippen molar-refractivity contribution < 1.29 is 18.1 Å². The molecular weight excluding hydrogens is 243 g/mol. The van der Waals surface area contributed by atoms with Gasteiger partial charge in [0, 0.05) is 9.82 Å². The Morgan fingerprint density at radius 1 is 1.25 bits per heavy atom. The largest absolute Gasteiger partial charge is 0.416 e. The molecule has 1 rings (SSSR count). The monoisotopic (exact) mass is 251 g/mol. The van der Waals surface area contributed by atoms with E-state index in [1.165, 1.54) is 12.1 Å². The van der Waals surface area contributed by atoms with Crippen molar-refractivity contribution in [3.05, 3.63) is 39.9 Å². The summed E-state index contributed by atoms with van der Waals surface area (Å²) in [5, 5.41) is 10.0. The number of hydrogen-bond acceptors (Lipinski definition) is 3. The molecule has 3 nitrogen and oxygen atoms in total. The molecule has 0 radical (unpaired) electrons. The number of hydrogen-bond donors (Lipinski definition) is 0. The molecule has 0 N–H and O–H groups in total. The van der Waals surface area contributed by atoms with Crippen molar-refractivity contribution in [2.75, 3.05) is 12.3 Å². The van der Waals surface area contributed by atoms with Crippen molar-refractivity contribution in [3.8, 4) is 0 Å². The van der Waals surface area contributed by atoms with E-state index in [0.29, 0.717) is 4.90 Å². The van der Waals surface area contributed by atoms with Crippen LogP contribution in [-0.4, -0.2) is 17.2 Å². The second-order valence-corrected chi connectivity index (χ2v) is 4.10. The molecule has 0 atom stereocenters. The number of nitrogens with zero attached hydrogens (tertiary/aromatic N) is 1. The lowest BCUT2D eigenvalue weighted by atomic mass is 10.2. The molecule has 7 heteroatoms. The normalized spacial score (nSPS) is 11.4. The number of benzene rings is 1. The fourth-order valence-corrected chi connectivity index (χ4v) is 1.78. The van der Waals surface area contributed by atoms with Gasteiger partial charge in [-0.05, 0) is 24.3 Å². The predicted octanol–water partition coefficient (Wildman–Crippen LogP) is 3.07. The molecule has 0 unspecified atom stereocenters. The van der Waals surface area contributed by atoms with Crippen LogP contribution in [0.4, 0.5) is 13.2 Å². The molecule has 0 bridgehead atoms. The molecule has 88 valence electrons. The van der Waals surface area contributed by atoms with Gasteiger partial charge in [0.05, 0.1) is 11.3 Å². The van der Waals surface area contributed by atoms with E-state index in [4.69, 9.17) is 0 Å². The van der Waals surface area contributed by atoms with E-state index in [-0.39, 0.29) is 12.3 Å². The van der Waals surface area contributed by atoms with Crippen LogP contribution >= 0.6 is 11.8 Å². The summed E-state index contributed by atoms with van der Waals surface area (Å²) < 4.78 is 36.5. The average Bonchev–Trinajstić information content (AvgIpc) is 2.16. The topological polar surface area (TPSA) is 43.1 Å². The van der Waals surface area contributed by atoms with E-state index in [9.17, 15) is 23.3 Å². The maximum Gasteiger partial charge on any atom is 0.416 e.